The van der Waals surface area contributed by atoms with Gasteiger partial charge in [0.15, 0.2) is 16.6 Å². The average Bonchev–Trinajstić information content (AvgIpc) is 2.95. The highest BCUT2D eigenvalue weighted by atomic mass is 32.1. The summed E-state index contributed by atoms with van der Waals surface area (Å²) in [5, 5.41) is 4.15. The molecule has 1 aromatic heterocycles. The quantitative estimate of drug-likeness (QED) is 0.796. The third-order valence-corrected chi connectivity index (χ3v) is 4.34. The molecule has 2 aromatic carbocycles. The minimum absolute atomic E-state index is 0.581. The van der Waals surface area contributed by atoms with Crippen molar-refractivity contribution >= 4 is 32.4 Å². The summed E-state index contributed by atoms with van der Waals surface area (Å²) in [5.74, 6) is 2.36. The van der Waals surface area contributed by atoms with E-state index in [0.29, 0.717) is 13.2 Å². The van der Waals surface area contributed by atoms with Crippen LogP contribution in [0.5, 0.6) is 17.2 Å². The van der Waals surface area contributed by atoms with Gasteiger partial charge in [-0.05, 0) is 24.3 Å². The van der Waals surface area contributed by atoms with Gasteiger partial charge in [0, 0.05) is 17.8 Å². The smallest absolute Gasteiger partial charge is 0.188 e. The number of nitrogens with zero attached hydrogens (tertiary/aromatic N) is 1. The van der Waals surface area contributed by atoms with Gasteiger partial charge in [-0.15, -0.1) is 0 Å². The highest BCUT2D eigenvalue weighted by Crippen LogP contribution is 2.35. The van der Waals surface area contributed by atoms with Crippen LogP contribution in [0.1, 0.15) is 0 Å². The molecule has 6 heteroatoms. The average molecular weight is 314 g/mol. The number of hydrogen-bond donors (Lipinski definition) is 1. The molecule has 2 heterocycles. The molecule has 0 atom stereocenters. The summed E-state index contributed by atoms with van der Waals surface area (Å²) in [6.45, 7) is 1.18. The maximum absolute atomic E-state index is 5.59. The van der Waals surface area contributed by atoms with Crippen LogP contribution in [0.15, 0.2) is 36.4 Å². The molecule has 0 aliphatic carbocycles. The Labute approximate surface area is 131 Å². The van der Waals surface area contributed by atoms with Crippen molar-refractivity contribution in [1.82, 2.24) is 4.98 Å². The highest BCUT2D eigenvalue weighted by molar-refractivity contribution is 7.22. The van der Waals surface area contributed by atoms with Crippen LogP contribution in [0.3, 0.4) is 0 Å². The van der Waals surface area contributed by atoms with E-state index in [9.17, 15) is 0 Å². The van der Waals surface area contributed by atoms with Gasteiger partial charge in [-0.2, -0.15) is 0 Å². The van der Waals surface area contributed by atoms with Gasteiger partial charge in [0.25, 0.3) is 0 Å². The Morgan fingerprint density at radius 3 is 2.82 bits per heavy atom. The van der Waals surface area contributed by atoms with E-state index in [1.807, 2.05) is 36.4 Å². The fraction of sp³-hybridized carbons (Fsp3) is 0.188. The molecule has 0 saturated carbocycles. The van der Waals surface area contributed by atoms with Crippen molar-refractivity contribution in [1.29, 1.82) is 0 Å². The van der Waals surface area contributed by atoms with E-state index in [1.165, 1.54) is 0 Å². The second kappa shape index (κ2) is 5.38. The molecule has 0 radical (unpaired) electrons. The summed E-state index contributed by atoms with van der Waals surface area (Å²) in [6, 6.07) is 11.7. The summed E-state index contributed by atoms with van der Waals surface area (Å²) >= 11 is 1.60. The molecule has 1 N–H and O–H groups in total. The normalized spacial score (nSPS) is 13.1. The van der Waals surface area contributed by atoms with Crippen LogP contribution in [0, 0.1) is 0 Å². The zero-order chi connectivity index (χ0) is 14.9. The maximum atomic E-state index is 5.59. The van der Waals surface area contributed by atoms with Crippen molar-refractivity contribution in [2.75, 3.05) is 25.6 Å². The predicted octanol–water partition coefficient (Wildman–Crippen LogP) is 3.82. The Bertz CT molecular complexity index is 831. The van der Waals surface area contributed by atoms with Gasteiger partial charge >= 0.3 is 0 Å². The molecule has 0 unspecified atom stereocenters. The molecule has 0 bridgehead atoms. The van der Waals surface area contributed by atoms with Gasteiger partial charge in [-0.1, -0.05) is 11.3 Å². The van der Waals surface area contributed by atoms with E-state index < -0.39 is 0 Å². The Balaban J connectivity index is 1.62. The first-order valence-corrected chi connectivity index (χ1v) is 7.75. The SMILES string of the molecule is COc1ccc2sc(Nc3ccc4c(c3)OCCO4)nc2c1. The van der Waals surface area contributed by atoms with Crippen LogP contribution < -0.4 is 19.5 Å². The fourth-order valence-electron chi connectivity index (χ4n) is 2.33. The minimum atomic E-state index is 0.581. The van der Waals surface area contributed by atoms with Crippen molar-refractivity contribution in [3.8, 4) is 17.2 Å². The van der Waals surface area contributed by atoms with Crippen LogP contribution in [-0.4, -0.2) is 25.3 Å². The molecule has 0 amide bonds. The number of hydrogen-bond acceptors (Lipinski definition) is 6. The molecule has 0 spiro atoms. The number of aromatic nitrogens is 1. The van der Waals surface area contributed by atoms with Gasteiger partial charge < -0.3 is 19.5 Å². The minimum Gasteiger partial charge on any atom is -0.497 e. The van der Waals surface area contributed by atoms with Crippen LogP contribution >= 0.6 is 11.3 Å². The predicted molar refractivity (Wildman–Crippen MR) is 86.9 cm³/mol. The van der Waals surface area contributed by atoms with Crippen molar-refractivity contribution in [3.05, 3.63) is 36.4 Å². The monoisotopic (exact) mass is 314 g/mol. The van der Waals surface area contributed by atoms with Crippen LogP contribution in [-0.2, 0) is 0 Å². The molecule has 0 fully saturated rings. The molecule has 22 heavy (non-hydrogen) atoms. The molecule has 0 saturated heterocycles. The fourth-order valence-corrected chi connectivity index (χ4v) is 3.20. The first-order valence-electron chi connectivity index (χ1n) is 6.93. The van der Waals surface area contributed by atoms with Crippen molar-refractivity contribution in [3.63, 3.8) is 0 Å². The molecular weight excluding hydrogens is 300 g/mol. The van der Waals surface area contributed by atoms with Gasteiger partial charge in [-0.3, -0.25) is 0 Å². The second-order valence-electron chi connectivity index (χ2n) is 4.84. The summed E-state index contributed by atoms with van der Waals surface area (Å²) in [5.41, 5.74) is 1.85. The number of anilines is 2. The Morgan fingerprint density at radius 2 is 1.95 bits per heavy atom. The number of ether oxygens (including phenoxy) is 3. The molecule has 1 aliphatic rings. The van der Waals surface area contributed by atoms with Gasteiger partial charge in [0.1, 0.15) is 19.0 Å². The van der Waals surface area contributed by atoms with E-state index in [2.05, 4.69) is 10.3 Å². The highest BCUT2D eigenvalue weighted by Gasteiger charge is 2.12. The lowest BCUT2D eigenvalue weighted by molar-refractivity contribution is 0.171. The van der Waals surface area contributed by atoms with E-state index in [1.54, 1.807) is 18.4 Å². The largest absolute Gasteiger partial charge is 0.497 e. The van der Waals surface area contributed by atoms with Gasteiger partial charge in [0.05, 0.1) is 17.3 Å². The Hall–Kier alpha value is -2.47. The Kier molecular flexibility index (Phi) is 3.23. The zero-order valence-electron chi connectivity index (χ0n) is 12.0. The van der Waals surface area contributed by atoms with E-state index in [4.69, 9.17) is 14.2 Å². The van der Waals surface area contributed by atoms with Crippen molar-refractivity contribution in [2.45, 2.75) is 0 Å². The van der Waals surface area contributed by atoms with Crippen LogP contribution in [0.2, 0.25) is 0 Å². The molecular formula is C16H14N2O3S. The topological polar surface area (TPSA) is 52.6 Å². The van der Waals surface area contributed by atoms with Crippen LogP contribution in [0.4, 0.5) is 10.8 Å². The molecule has 112 valence electrons. The molecule has 1 aliphatic heterocycles. The lowest BCUT2D eigenvalue weighted by atomic mass is 10.2. The van der Waals surface area contributed by atoms with Crippen LogP contribution in [0.25, 0.3) is 10.2 Å². The molecule has 3 aromatic rings. The summed E-state index contributed by atoms with van der Waals surface area (Å²) in [7, 11) is 1.65. The second-order valence-corrected chi connectivity index (χ2v) is 5.87. The summed E-state index contributed by atoms with van der Waals surface area (Å²) in [4.78, 5) is 4.58. The first-order chi connectivity index (χ1) is 10.8. The summed E-state index contributed by atoms with van der Waals surface area (Å²) < 4.78 is 17.5. The number of rotatable bonds is 3. The lowest BCUT2D eigenvalue weighted by Gasteiger charge is -2.18. The van der Waals surface area contributed by atoms with E-state index in [0.717, 1.165) is 38.3 Å². The van der Waals surface area contributed by atoms with E-state index in [-0.39, 0.29) is 0 Å². The maximum Gasteiger partial charge on any atom is 0.188 e. The number of fused-ring (bicyclic) bond motifs is 2. The molecule has 4 rings (SSSR count). The molecule has 5 nitrogen and oxygen atoms in total. The lowest BCUT2D eigenvalue weighted by Crippen LogP contribution is -2.15. The standard InChI is InChI=1S/C16H14N2O3S/c1-19-11-3-5-15-12(9-11)18-16(22-15)17-10-2-4-13-14(8-10)21-7-6-20-13/h2-5,8-9H,6-7H2,1H3,(H,17,18). The number of thiazole rings is 1. The first kappa shape index (κ1) is 13.2. The zero-order valence-corrected chi connectivity index (χ0v) is 12.8. The van der Waals surface area contributed by atoms with Gasteiger partial charge in [-0.25, -0.2) is 4.98 Å². The van der Waals surface area contributed by atoms with Crippen molar-refractivity contribution in [2.24, 2.45) is 0 Å². The number of methoxy groups -OCH3 is 1. The third-order valence-electron chi connectivity index (χ3n) is 3.39. The Morgan fingerprint density at radius 1 is 1.09 bits per heavy atom. The summed E-state index contributed by atoms with van der Waals surface area (Å²) in [6.07, 6.45) is 0. The number of nitrogens with one attached hydrogen (secondary N) is 1. The third kappa shape index (κ3) is 2.42. The van der Waals surface area contributed by atoms with Gasteiger partial charge in [0.2, 0.25) is 0 Å². The van der Waals surface area contributed by atoms with Crippen molar-refractivity contribution < 1.29 is 14.2 Å². The van der Waals surface area contributed by atoms with E-state index >= 15 is 0 Å². The number of benzene rings is 2.